The molecule has 0 aliphatic heterocycles. The summed E-state index contributed by atoms with van der Waals surface area (Å²) in [6.07, 6.45) is 9.55. The summed E-state index contributed by atoms with van der Waals surface area (Å²) < 4.78 is 1.18. The van der Waals surface area contributed by atoms with Crippen LogP contribution in [0, 0.1) is 9.49 Å². The Labute approximate surface area is 136 Å². The van der Waals surface area contributed by atoms with Gasteiger partial charge >= 0.3 is 0 Å². The van der Waals surface area contributed by atoms with Gasteiger partial charge in [0.05, 0.1) is 0 Å². The van der Waals surface area contributed by atoms with E-state index in [1.54, 1.807) is 0 Å². The molecule has 1 atom stereocenters. The highest BCUT2D eigenvalue weighted by molar-refractivity contribution is 14.1. The molecule has 1 N–H and O–H groups in total. The zero-order valence-corrected chi connectivity index (χ0v) is 14.5. The van der Waals surface area contributed by atoms with Crippen LogP contribution in [0.3, 0.4) is 0 Å². The van der Waals surface area contributed by atoms with Gasteiger partial charge in [-0.05, 0) is 79.5 Å². The average molecular weight is 385 g/mol. The van der Waals surface area contributed by atoms with Gasteiger partial charge in [0.15, 0.2) is 0 Å². The van der Waals surface area contributed by atoms with Crippen LogP contribution in [0.5, 0.6) is 0 Å². The number of hydrogen-bond acceptors (Lipinski definition) is 1. The molecule has 0 radical (unpaired) electrons. The van der Waals surface area contributed by atoms with E-state index in [1.165, 1.54) is 3.57 Å². The fourth-order valence-corrected chi connectivity index (χ4v) is 2.48. The molecule has 0 heterocycles. The molecule has 0 bridgehead atoms. The van der Waals surface area contributed by atoms with E-state index >= 15 is 0 Å². The van der Waals surface area contributed by atoms with Gasteiger partial charge < -0.3 is 5.32 Å². The van der Waals surface area contributed by atoms with E-state index in [0.29, 0.717) is 0 Å². The van der Waals surface area contributed by atoms with Crippen LogP contribution in [-0.4, -0.2) is 5.91 Å². The minimum Gasteiger partial charge on any atom is -0.326 e. The first-order valence-corrected chi connectivity index (χ1v) is 8.42. The Morgan fingerprint density at radius 3 is 2.60 bits per heavy atom. The summed E-state index contributed by atoms with van der Waals surface area (Å²) >= 11 is 2.26. The molecule has 0 aromatic heterocycles. The molecular weight excluding hydrogens is 361 g/mol. The summed E-state index contributed by atoms with van der Waals surface area (Å²) in [5.41, 5.74) is 0.891. The van der Waals surface area contributed by atoms with Crippen LogP contribution in [0.25, 0.3) is 0 Å². The number of benzene rings is 1. The highest BCUT2D eigenvalue weighted by Crippen LogP contribution is 2.18. The second-order valence-electron chi connectivity index (χ2n) is 4.95. The Balaban J connectivity index is 2.40. The van der Waals surface area contributed by atoms with Gasteiger partial charge in [0, 0.05) is 15.2 Å². The second-order valence-corrected chi connectivity index (χ2v) is 6.20. The van der Waals surface area contributed by atoms with Crippen molar-refractivity contribution in [2.45, 2.75) is 46.0 Å². The Morgan fingerprint density at radius 2 is 2.00 bits per heavy atom. The lowest BCUT2D eigenvalue weighted by atomic mass is 9.97. The van der Waals surface area contributed by atoms with Crippen molar-refractivity contribution >= 4 is 34.2 Å². The molecule has 0 saturated carbocycles. The number of rotatable bonds is 8. The van der Waals surface area contributed by atoms with Crippen LogP contribution in [0.1, 0.15) is 46.0 Å². The van der Waals surface area contributed by atoms with Gasteiger partial charge in [0.1, 0.15) is 0 Å². The Kier molecular flexibility index (Phi) is 8.58. The molecule has 1 amide bonds. The van der Waals surface area contributed by atoms with E-state index in [-0.39, 0.29) is 11.8 Å². The van der Waals surface area contributed by atoms with Gasteiger partial charge in [-0.25, -0.2) is 0 Å². The van der Waals surface area contributed by atoms with Gasteiger partial charge in [-0.2, -0.15) is 0 Å². The molecule has 0 aliphatic carbocycles. The van der Waals surface area contributed by atoms with E-state index in [2.05, 4.69) is 47.0 Å². The minimum atomic E-state index is 0.125. The maximum absolute atomic E-state index is 12.2. The molecule has 1 aromatic carbocycles. The monoisotopic (exact) mass is 385 g/mol. The quantitative estimate of drug-likeness (QED) is 0.363. The zero-order chi connectivity index (χ0) is 14.8. The summed E-state index contributed by atoms with van der Waals surface area (Å²) in [5, 5.41) is 3.02. The van der Waals surface area contributed by atoms with Gasteiger partial charge in [-0.15, -0.1) is 0 Å². The smallest absolute Gasteiger partial charge is 0.227 e. The predicted molar refractivity (Wildman–Crippen MR) is 94.9 cm³/mol. The van der Waals surface area contributed by atoms with Crippen molar-refractivity contribution in [3.8, 4) is 0 Å². The van der Waals surface area contributed by atoms with E-state index in [1.807, 2.05) is 31.2 Å². The largest absolute Gasteiger partial charge is 0.326 e. The molecular formula is C17H24INO. The van der Waals surface area contributed by atoms with Gasteiger partial charge in [-0.3, -0.25) is 4.79 Å². The number of unbranched alkanes of at least 4 members (excludes halogenated alkanes) is 2. The summed E-state index contributed by atoms with van der Waals surface area (Å²) in [6.45, 7) is 4.13. The third kappa shape index (κ3) is 6.55. The molecule has 2 nitrogen and oxygen atoms in total. The fraction of sp³-hybridized carbons (Fsp3) is 0.471. The third-order valence-electron chi connectivity index (χ3n) is 3.38. The summed E-state index contributed by atoms with van der Waals surface area (Å²) in [5.74, 6) is 0.277. The highest BCUT2D eigenvalue weighted by Gasteiger charge is 2.15. The summed E-state index contributed by atoms with van der Waals surface area (Å²) in [7, 11) is 0. The first-order valence-electron chi connectivity index (χ1n) is 7.35. The summed E-state index contributed by atoms with van der Waals surface area (Å²) in [6, 6.07) is 7.93. The van der Waals surface area contributed by atoms with Crippen molar-refractivity contribution in [3.05, 3.63) is 40.0 Å². The predicted octanol–water partition coefficient (Wildman–Crippen LogP) is 5.39. The number of anilines is 1. The lowest BCUT2D eigenvalue weighted by Gasteiger charge is -2.14. The molecule has 0 aliphatic rings. The van der Waals surface area contributed by atoms with E-state index in [4.69, 9.17) is 0 Å². The number of carbonyl (C=O) groups is 1. The Hall–Kier alpha value is -0.840. The van der Waals surface area contributed by atoms with Crippen LogP contribution in [-0.2, 0) is 4.79 Å². The molecule has 0 saturated heterocycles. The average Bonchev–Trinajstić information content (AvgIpc) is 2.45. The lowest BCUT2D eigenvalue weighted by molar-refractivity contribution is -0.120. The molecule has 0 fully saturated rings. The second kappa shape index (κ2) is 9.97. The third-order valence-corrected chi connectivity index (χ3v) is 4.10. The minimum absolute atomic E-state index is 0.125. The fourth-order valence-electron chi connectivity index (χ4n) is 2.12. The number of nitrogens with one attached hydrogen (secondary N) is 1. The van der Waals surface area contributed by atoms with Gasteiger partial charge in [0.25, 0.3) is 0 Å². The molecule has 0 spiro atoms. The molecule has 1 aromatic rings. The van der Waals surface area contributed by atoms with E-state index in [0.717, 1.165) is 37.8 Å². The normalized spacial score (nSPS) is 12.6. The standard InChI is InChI=1S/C17H24INO/c1-3-5-6-7-8-9-14(4-2)17(20)19-16-12-10-15(18)11-13-16/h3,5,10-14H,4,6-9H2,1-2H3,(H,19,20). The Morgan fingerprint density at radius 1 is 1.30 bits per heavy atom. The number of allylic oxidation sites excluding steroid dienone is 2. The van der Waals surface area contributed by atoms with Crippen molar-refractivity contribution < 1.29 is 4.79 Å². The maximum Gasteiger partial charge on any atom is 0.227 e. The molecule has 1 unspecified atom stereocenters. The first-order chi connectivity index (χ1) is 9.67. The van der Waals surface area contributed by atoms with Crippen molar-refractivity contribution in [2.24, 2.45) is 5.92 Å². The number of hydrogen-bond donors (Lipinski definition) is 1. The van der Waals surface area contributed by atoms with Crippen molar-refractivity contribution in [1.82, 2.24) is 0 Å². The SMILES string of the molecule is CC=CCCCCC(CC)C(=O)Nc1ccc(I)cc1. The Bertz CT molecular complexity index is 425. The van der Waals surface area contributed by atoms with Crippen molar-refractivity contribution in [1.29, 1.82) is 0 Å². The van der Waals surface area contributed by atoms with Gasteiger partial charge in [0.2, 0.25) is 5.91 Å². The summed E-state index contributed by atoms with van der Waals surface area (Å²) in [4.78, 5) is 12.2. The number of amides is 1. The van der Waals surface area contributed by atoms with Crippen molar-refractivity contribution in [3.63, 3.8) is 0 Å². The van der Waals surface area contributed by atoms with Crippen LogP contribution < -0.4 is 5.32 Å². The van der Waals surface area contributed by atoms with Gasteiger partial charge in [-0.1, -0.05) is 25.5 Å². The zero-order valence-electron chi connectivity index (χ0n) is 12.4. The van der Waals surface area contributed by atoms with Crippen LogP contribution in [0.2, 0.25) is 0 Å². The number of carbonyl (C=O) groups excluding carboxylic acids is 1. The van der Waals surface area contributed by atoms with Crippen molar-refractivity contribution in [2.75, 3.05) is 5.32 Å². The molecule has 1 rings (SSSR count). The molecule has 20 heavy (non-hydrogen) atoms. The van der Waals surface area contributed by atoms with Crippen LogP contribution in [0.15, 0.2) is 36.4 Å². The highest BCUT2D eigenvalue weighted by atomic mass is 127. The van der Waals surface area contributed by atoms with E-state index < -0.39 is 0 Å². The van der Waals surface area contributed by atoms with Crippen LogP contribution in [0.4, 0.5) is 5.69 Å². The first kappa shape index (κ1) is 17.2. The lowest BCUT2D eigenvalue weighted by Crippen LogP contribution is -2.22. The molecule has 110 valence electrons. The number of halogens is 1. The van der Waals surface area contributed by atoms with E-state index in [9.17, 15) is 4.79 Å². The van der Waals surface area contributed by atoms with Crippen LogP contribution >= 0.6 is 22.6 Å². The maximum atomic E-state index is 12.2. The molecule has 3 heteroatoms. The topological polar surface area (TPSA) is 29.1 Å².